The second kappa shape index (κ2) is 6.21. The molecule has 6 nitrogen and oxygen atoms in total. The lowest BCUT2D eigenvalue weighted by Gasteiger charge is -2.34. The van der Waals surface area contributed by atoms with Gasteiger partial charge in [0, 0.05) is 13.1 Å². The third kappa shape index (κ3) is 4.33. The SMILES string of the molecule is CC1(O)CCN(S(=O)(=O)CCOc2ccccc2N)CC1. The van der Waals surface area contributed by atoms with Crippen LogP contribution in [0.3, 0.4) is 0 Å². The van der Waals surface area contributed by atoms with Gasteiger partial charge in [-0.25, -0.2) is 12.7 Å². The van der Waals surface area contributed by atoms with Gasteiger partial charge in [0.25, 0.3) is 0 Å². The highest BCUT2D eigenvalue weighted by molar-refractivity contribution is 7.89. The highest BCUT2D eigenvalue weighted by Gasteiger charge is 2.32. The maximum Gasteiger partial charge on any atom is 0.217 e. The molecule has 1 aromatic rings. The molecule has 1 aliphatic rings. The number of benzene rings is 1. The number of sulfonamides is 1. The molecule has 0 atom stereocenters. The van der Waals surface area contributed by atoms with Crippen LogP contribution in [-0.2, 0) is 10.0 Å². The molecule has 0 spiro atoms. The number of piperidine rings is 1. The van der Waals surface area contributed by atoms with Crippen molar-refractivity contribution in [2.45, 2.75) is 25.4 Å². The number of rotatable bonds is 5. The first-order valence-corrected chi connectivity index (χ1v) is 8.59. The molecule has 3 N–H and O–H groups in total. The molecule has 0 amide bonds. The molecule has 0 aromatic heterocycles. The summed E-state index contributed by atoms with van der Waals surface area (Å²) in [4.78, 5) is 0. The zero-order valence-electron chi connectivity index (χ0n) is 12.2. The minimum absolute atomic E-state index is 0.0590. The topological polar surface area (TPSA) is 92.9 Å². The van der Waals surface area contributed by atoms with Crippen molar-refractivity contribution in [3.8, 4) is 5.75 Å². The van der Waals surface area contributed by atoms with Gasteiger partial charge in [-0.3, -0.25) is 0 Å². The number of nitrogen functional groups attached to an aromatic ring is 1. The summed E-state index contributed by atoms with van der Waals surface area (Å²) in [5, 5.41) is 9.85. The maximum absolute atomic E-state index is 12.2. The van der Waals surface area contributed by atoms with Gasteiger partial charge in [0.2, 0.25) is 10.0 Å². The van der Waals surface area contributed by atoms with E-state index >= 15 is 0 Å². The Balaban J connectivity index is 1.86. The van der Waals surface area contributed by atoms with Crippen LogP contribution in [0.25, 0.3) is 0 Å². The van der Waals surface area contributed by atoms with Crippen LogP contribution in [0.5, 0.6) is 5.75 Å². The van der Waals surface area contributed by atoms with E-state index in [4.69, 9.17) is 10.5 Å². The number of hydrogen-bond donors (Lipinski definition) is 2. The van der Waals surface area contributed by atoms with Crippen LogP contribution >= 0.6 is 0 Å². The van der Waals surface area contributed by atoms with Crippen LogP contribution < -0.4 is 10.5 Å². The van der Waals surface area contributed by atoms with Gasteiger partial charge in [-0.05, 0) is 31.9 Å². The molecule has 1 fully saturated rings. The lowest BCUT2D eigenvalue weighted by atomic mass is 9.95. The Morgan fingerprint density at radius 3 is 2.57 bits per heavy atom. The summed E-state index contributed by atoms with van der Waals surface area (Å²) in [6, 6.07) is 6.99. The fraction of sp³-hybridized carbons (Fsp3) is 0.571. The molecule has 1 saturated heterocycles. The van der Waals surface area contributed by atoms with Crippen LogP contribution in [0.1, 0.15) is 19.8 Å². The van der Waals surface area contributed by atoms with E-state index in [1.807, 2.05) is 0 Å². The molecule has 7 heteroatoms. The van der Waals surface area contributed by atoms with Crippen LogP contribution in [-0.4, -0.2) is 48.9 Å². The number of hydrogen-bond acceptors (Lipinski definition) is 5. The molecular weight excluding hydrogens is 292 g/mol. The average molecular weight is 314 g/mol. The van der Waals surface area contributed by atoms with Crippen LogP contribution in [0.2, 0.25) is 0 Å². The Morgan fingerprint density at radius 2 is 1.95 bits per heavy atom. The summed E-state index contributed by atoms with van der Waals surface area (Å²) in [7, 11) is -3.36. The van der Waals surface area contributed by atoms with Gasteiger partial charge in [-0.15, -0.1) is 0 Å². The minimum atomic E-state index is -3.36. The van der Waals surface area contributed by atoms with Gasteiger partial charge in [0.1, 0.15) is 12.4 Å². The van der Waals surface area contributed by atoms with Gasteiger partial charge in [-0.1, -0.05) is 12.1 Å². The van der Waals surface area contributed by atoms with Gasteiger partial charge in [0.15, 0.2) is 0 Å². The number of para-hydroxylation sites is 2. The van der Waals surface area contributed by atoms with Crippen molar-refractivity contribution in [3.63, 3.8) is 0 Å². The molecule has 1 aromatic carbocycles. The van der Waals surface area contributed by atoms with E-state index < -0.39 is 15.6 Å². The van der Waals surface area contributed by atoms with Crippen LogP contribution in [0.15, 0.2) is 24.3 Å². The fourth-order valence-electron chi connectivity index (χ4n) is 2.24. The average Bonchev–Trinajstić information content (AvgIpc) is 2.40. The Bertz CT molecular complexity index is 576. The van der Waals surface area contributed by atoms with Crippen LogP contribution in [0, 0.1) is 0 Å². The van der Waals surface area contributed by atoms with E-state index in [0.29, 0.717) is 37.4 Å². The quantitative estimate of drug-likeness (QED) is 0.785. The van der Waals surface area contributed by atoms with Crippen molar-refractivity contribution in [1.29, 1.82) is 0 Å². The molecule has 0 unspecified atom stereocenters. The lowest BCUT2D eigenvalue weighted by molar-refractivity contribution is 0.0126. The zero-order chi connectivity index (χ0) is 15.5. The van der Waals surface area contributed by atoms with Gasteiger partial charge < -0.3 is 15.6 Å². The van der Waals surface area contributed by atoms with Crippen molar-refractivity contribution in [2.24, 2.45) is 0 Å². The summed E-state index contributed by atoms with van der Waals surface area (Å²) in [5.74, 6) is 0.401. The normalized spacial score (nSPS) is 19.3. The third-order valence-electron chi connectivity index (χ3n) is 3.71. The molecule has 2 rings (SSSR count). The Hall–Kier alpha value is -1.31. The summed E-state index contributed by atoms with van der Waals surface area (Å²) in [6.07, 6.45) is 0.914. The first-order chi connectivity index (χ1) is 9.80. The Morgan fingerprint density at radius 1 is 1.33 bits per heavy atom. The van der Waals surface area contributed by atoms with E-state index in [1.165, 1.54) is 4.31 Å². The molecule has 0 aliphatic carbocycles. The van der Waals surface area contributed by atoms with Gasteiger partial charge >= 0.3 is 0 Å². The van der Waals surface area contributed by atoms with E-state index in [1.54, 1.807) is 31.2 Å². The third-order valence-corrected chi connectivity index (χ3v) is 5.55. The zero-order valence-corrected chi connectivity index (χ0v) is 13.0. The Labute approximate surface area is 125 Å². The van der Waals surface area contributed by atoms with Gasteiger partial charge in [-0.2, -0.15) is 0 Å². The molecule has 1 heterocycles. The number of anilines is 1. The highest BCUT2D eigenvalue weighted by atomic mass is 32.2. The monoisotopic (exact) mass is 314 g/mol. The smallest absolute Gasteiger partial charge is 0.217 e. The largest absolute Gasteiger partial charge is 0.490 e. The first-order valence-electron chi connectivity index (χ1n) is 6.98. The number of ether oxygens (including phenoxy) is 1. The summed E-state index contributed by atoms with van der Waals surface area (Å²) < 4.78 is 31.3. The van der Waals surface area contributed by atoms with E-state index in [0.717, 1.165) is 0 Å². The van der Waals surface area contributed by atoms with Crippen molar-refractivity contribution >= 4 is 15.7 Å². The molecule has 0 saturated carbocycles. The second-order valence-electron chi connectivity index (χ2n) is 5.60. The summed E-state index contributed by atoms with van der Waals surface area (Å²) in [6.45, 7) is 2.49. The van der Waals surface area contributed by atoms with E-state index in [2.05, 4.69) is 0 Å². The predicted molar refractivity (Wildman–Crippen MR) is 81.6 cm³/mol. The van der Waals surface area contributed by atoms with Gasteiger partial charge in [0.05, 0.1) is 17.0 Å². The Kier molecular flexibility index (Phi) is 4.75. The van der Waals surface area contributed by atoms with E-state index in [9.17, 15) is 13.5 Å². The van der Waals surface area contributed by atoms with Crippen molar-refractivity contribution < 1.29 is 18.3 Å². The van der Waals surface area contributed by atoms with Crippen LogP contribution in [0.4, 0.5) is 5.69 Å². The molecule has 21 heavy (non-hydrogen) atoms. The number of nitrogens with zero attached hydrogens (tertiary/aromatic N) is 1. The van der Waals surface area contributed by atoms with Crippen molar-refractivity contribution in [2.75, 3.05) is 31.2 Å². The summed E-state index contributed by atoms with van der Waals surface area (Å²) >= 11 is 0. The molecule has 118 valence electrons. The lowest BCUT2D eigenvalue weighted by Crippen LogP contribution is -2.46. The number of aliphatic hydroxyl groups is 1. The van der Waals surface area contributed by atoms with Crippen molar-refractivity contribution in [3.05, 3.63) is 24.3 Å². The van der Waals surface area contributed by atoms with E-state index in [-0.39, 0.29) is 12.4 Å². The minimum Gasteiger partial charge on any atom is -0.490 e. The standard InChI is InChI=1S/C14H22N2O4S/c1-14(17)6-8-16(9-7-14)21(18,19)11-10-20-13-5-3-2-4-12(13)15/h2-5,17H,6-11,15H2,1H3. The second-order valence-corrected chi connectivity index (χ2v) is 7.69. The predicted octanol–water partition coefficient (Wildman–Crippen LogP) is 0.824. The first kappa shape index (κ1) is 16.1. The molecule has 0 bridgehead atoms. The highest BCUT2D eigenvalue weighted by Crippen LogP contribution is 2.23. The number of nitrogens with two attached hydrogens (primary N) is 1. The molecule has 1 aliphatic heterocycles. The fourth-order valence-corrected chi connectivity index (χ4v) is 3.54. The molecular formula is C14H22N2O4S. The maximum atomic E-state index is 12.2. The molecule has 0 radical (unpaired) electrons. The van der Waals surface area contributed by atoms with Crippen molar-refractivity contribution in [1.82, 2.24) is 4.31 Å². The summed E-state index contributed by atoms with van der Waals surface area (Å²) in [5.41, 5.74) is 5.46.